The van der Waals surface area contributed by atoms with Crippen LogP contribution < -0.4 is 4.90 Å². The molecule has 0 spiro atoms. The summed E-state index contributed by atoms with van der Waals surface area (Å²) in [5.41, 5.74) is 2.77. The van der Waals surface area contributed by atoms with E-state index in [2.05, 4.69) is 0 Å². The second-order valence-electron chi connectivity index (χ2n) is 5.38. The van der Waals surface area contributed by atoms with Gasteiger partial charge in [0.25, 0.3) is 0 Å². The molecule has 0 aromatic heterocycles. The number of nitrogens with zero attached hydrogens (tertiary/aromatic N) is 1. The summed E-state index contributed by atoms with van der Waals surface area (Å²) in [7, 11) is 0. The molecule has 4 heteroatoms. The van der Waals surface area contributed by atoms with E-state index in [-0.39, 0.29) is 12.5 Å². The number of rotatable bonds is 3. The van der Waals surface area contributed by atoms with E-state index in [1.54, 1.807) is 4.90 Å². The molecule has 1 amide bonds. The summed E-state index contributed by atoms with van der Waals surface area (Å²) >= 11 is 0. The van der Waals surface area contributed by atoms with Crippen LogP contribution in [0.25, 0.3) is 0 Å². The summed E-state index contributed by atoms with van der Waals surface area (Å²) in [5.74, 6) is -0.181. The highest BCUT2D eigenvalue weighted by molar-refractivity contribution is 5.90. The van der Waals surface area contributed by atoms with Crippen LogP contribution in [0.5, 0.6) is 0 Å². The minimum Gasteiger partial charge on any atom is -0.444 e. The number of para-hydroxylation sites is 1. The van der Waals surface area contributed by atoms with E-state index >= 15 is 0 Å². The highest BCUT2D eigenvalue weighted by Gasteiger charge is 2.28. The lowest BCUT2D eigenvalue weighted by molar-refractivity contribution is -0.110. The number of carbonyl (C=O) groups excluding carboxylic acids is 2. The molecule has 22 heavy (non-hydrogen) atoms. The van der Waals surface area contributed by atoms with Crippen molar-refractivity contribution in [3.8, 4) is 0 Å². The summed E-state index contributed by atoms with van der Waals surface area (Å²) in [4.78, 5) is 25.1. The second kappa shape index (κ2) is 6.43. The Morgan fingerprint density at radius 1 is 1.14 bits per heavy atom. The topological polar surface area (TPSA) is 46.6 Å². The number of carbonyl (C=O) groups is 2. The molecule has 0 aliphatic carbocycles. The number of fused-ring (bicyclic) bond motifs is 1. The van der Waals surface area contributed by atoms with Gasteiger partial charge in [0.15, 0.2) is 0 Å². The number of ether oxygens (including phenoxy) is 1. The van der Waals surface area contributed by atoms with Gasteiger partial charge in [0.1, 0.15) is 12.9 Å². The number of hydrogen-bond acceptors (Lipinski definition) is 3. The molecule has 0 unspecified atom stereocenters. The zero-order valence-electron chi connectivity index (χ0n) is 12.1. The van der Waals surface area contributed by atoms with Gasteiger partial charge in [-0.1, -0.05) is 48.5 Å². The first-order valence-corrected chi connectivity index (χ1v) is 7.29. The molecule has 0 bridgehead atoms. The number of amides is 1. The fourth-order valence-electron chi connectivity index (χ4n) is 2.69. The van der Waals surface area contributed by atoms with Crippen LogP contribution in [0.15, 0.2) is 54.6 Å². The van der Waals surface area contributed by atoms with E-state index in [1.807, 2.05) is 54.6 Å². The Labute approximate surface area is 129 Å². The summed E-state index contributed by atoms with van der Waals surface area (Å²) in [5, 5.41) is 0. The van der Waals surface area contributed by atoms with E-state index in [0.29, 0.717) is 13.0 Å². The fraction of sp³-hybridized carbons (Fsp3) is 0.222. The van der Waals surface area contributed by atoms with E-state index in [9.17, 15) is 9.59 Å². The minimum atomic E-state index is -0.414. The predicted molar refractivity (Wildman–Crippen MR) is 83.7 cm³/mol. The minimum absolute atomic E-state index is 0.181. The summed E-state index contributed by atoms with van der Waals surface area (Å²) in [6.45, 7) is 0.595. The van der Waals surface area contributed by atoms with Crippen molar-refractivity contribution < 1.29 is 14.3 Å². The van der Waals surface area contributed by atoms with Crippen molar-refractivity contribution in [1.29, 1.82) is 0 Å². The van der Waals surface area contributed by atoms with Gasteiger partial charge in [0.2, 0.25) is 0 Å². The first-order chi connectivity index (χ1) is 10.8. The maximum Gasteiger partial charge on any atom is 0.414 e. The monoisotopic (exact) mass is 295 g/mol. The Hall–Kier alpha value is -2.62. The van der Waals surface area contributed by atoms with Crippen molar-refractivity contribution >= 4 is 18.1 Å². The van der Waals surface area contributed by atoms with Gasteiger partial charge in [0.05, 0.1) is 5.69 Å². The van der Waals surface area contributed by atoms with E-state index in [4.69, 9.17) is 4.74 Å². The van der Waals surface area contributed by atoms with Gasteiger partial charge < -0.3 is 9.53 Å². The molecule has 0 fully saturated rings. The Bertz CT molecular complexity index is 669. The van der Waals surface area contributed by atoms with Gasteiger partial charge in [-0.05, 0) is 23.6 Å². The largest absolute Gasteiger partial charge is 0.444 e. The van der Waals surface area contributed by atoms with Crippen molar-refractivity contribution in [3.63, 3.8) is 0 Å². The lowest BCUT2D eigenvalue weighted by atomic mass is 9.94. The molecule has 2 aromatic carbocycles. The molecular formula is C18H17NO3. The molecule has 0 radical (unpaired) electrons. The highest BCUT2D eigenvalue weighted by Crippen LogP contribution is 2.29. The SMILES string of the molecule is O=C[C@@H]1Cc2ccccc2N(C(=O)OCc2ccccc2)C1. The zero-order valence-corrected chi connectivity index (χ0v) is 12.1. The maximum atomic E-state index is 12.4. The van der Waals surface area contributed by atoms with Crippen LogP contribution in [0.4, 0.5) is 10.5 Å². The standard InChI is InChI=1S/C18H17NO3/c20-12-15-10-16-8-4-5-9-17(16)19(11-15)18(21)22-13-14-6-2-1-3-7-14/h1-9,12,15H,10-11,13H2/t15-/m1/s1. The van der Waals surface area contributed by atoms with Gasteiger partial charge in [0, 0.05) is 12.5 Å². The van der Waals surface area contributed by atoms with Crippen molar-refractivity contribution in [2.75, 3.05) is 11.4 Å². The quantitative estimate of drug-likeness (QED) is 0.817. The third-order valence-electron chi connectivity index (χ3n) is 3.80. The highest BCUT2D eigenvalue weighted by atomic mass is 16.6. The Kier molecular flexibility index (Phi) is 4.19. The number of hydrogen-bond donors (Lipinski definition) is 0. The molecule has 0 N–H and O–H groups in total. The third-order valence-corrected chi connectivity index (χ3v) is 3.80. The molecule has 1 aliphatic rings. The molecule has 112 valence electrons. The van der Waals surface area contributed by atoms with Crippen LogP contribution in [0, 0.1) is 5.92 Å². The van der Waals surface area contributed by atoms with E-state index < -0.39 is 6.09 Å². The van der Waals surface area contributed by atoms with Gasteiger partial charge >= 0.3 is 6.09 Å². The average molecular weight is 295 g/mol. The Morgan fingerprint density at radius 2 is 1.86 bits per heavy atom. The normalized spacial score (nSPS) is 16.7. The summed E-state index contributed by atoms with van der Waals surface area (Å²) < 4.78 is 5.39. The Balaban J connectivity index is 1.75. The Morgan fingerprint density at radius 3 is 2.64 bits per heavy atom. The first kappa shape index (κ1) is 14.3. The number of anilines is 1. The van der Waals surface area contributed by atoms with Gasteiger partial charge in [-0.3, -0.25) is 4.90 Å². The van der Waals surface area contributed by atoms with Crippen LogP contribution in [-0.4, -0.2) is 18.9 Å². The lowest BCUT2D eigenvalue weighted by Crippen LogP contribution is -2.40. The third kappa shape index (κ3) is 3.01. The van der Waals surface area contributed by atoms with E-state index in [0.717, 1.165) is 23.1 Å². The van der Waals surface area contributed by atoms with Crippen molar-refractivity contribution in [3.05, 3.63) is 65.7 Å². The molecular weight excluding hydrogens is 278 g/mol. The molecule has 4 nitrogen and oxygen atoms in total. The van der Waals surface area contributed by atoms with Gasteiger partial charge in [-0.25, -0.2) is 4.79 Å². The first-order valence-electron chi connectivity index (χ1n) is 7.29. The van der Waals surface area contributed by atoms with Crippen LogP contribution in [0.1, 0.15) is 11.1 Å². The second-order valence-corrected chi connectivity index (χ2v) is 5.38. The van der Waals surface area contributed by atoms with Gasteiger partial charge in [-0.2, -0.15) is 0 Å². The number of aldehydes is 1. The van der Waals surface area contributed by atoms with Crippen molar-refractivity contribution in [2.24, 2.45) is 5.92 Å². The smallest absolute Gasteiger partial charge is 0.414 e. The summed E-state index contributed by atoms with van der Waals surface area (Å²) in [6.07, 6.45) is 1.16. The number of benzene rings is 2. The van der Waals surface area contributed by atoms with Crippen LogP contribution in [-0.2, 0) is 22.6 Å². The molecule has 1 aliphatic heterocycles. The molecule has 1 atom stereocenters. The molecule has 3 rings (SSSR count). The molecule has 2 aromatic rings. The van der Waals surface area contributed by atoms with Crippen LogP contribution in [0.2, 0.25) is 0 Å². The molecule has 0 saturated heterocycles. The summed E-state index contributed by atoms with van der Waals surface area (Å²) in [6, 6.07) is 17.2. The molecule has 0 saturated carbocycles. The van der Waals surface area contributed by atoms with Crippen LogP contribution in [0.3, 0.4) is 0 Å². The van der Waals surface area contributed by atoms with Crippen LogP contribution >= 0.6 is 0 Å². The lowest BCUT2D eigenvalue weighted by Gasteiger charge is -2.31. The average Bonchev–Trinajstić information content (AvgIpc) is 2.59. The van der Waals surface area contributed by atoms with Crippen molar-refractivity contribution in [1.82, 2.24) is 0 Å². The molecule has 1 heterocycles. The van der Waals surface area contributed by atoms with E-state index in [1.165, 1.54) is 0 Å². The fourth-order valence-corrected chi connectivity index (χ4v) is 2.69. The maximum absolute atomic E-state index is 12.4. The van der Waals surface area contributed by atoms with Gasteiger partial charge in [-0.15, -0.1) is 0 Å². The predicted octanol–water partition coefficient (Wildman–Crippen LogP) is 3.20. The van der Waals surface area contributed by atoms with Crippen molar-refractivity contribution in [2.45, 2.75) is 13.0 Å². The zero-order chi connectivity index (χ0) is 15.4.